The Morgan fingerprint density at radius 1 is 1.13 bits per heavy atom. The van der Waals surface area contributed by atoms with Crippen LogP contribution in [-0.2, 0) is 4.79 Å². The third kappa shape index (κ3) is 4.02. The molecular formula is C28H28FN7OS. The van der Waals surface area contributed by atoms with Crippen molar-refractivity contribution >= 4 is 28.9 Å². The summed E-state index contributed by atoms with van der Waals surface area (Å²) in [5, 5.41) is 22.0. The van der Waals surface area contributed by atoms with Crippen molar-refractivity contribution in [2.75, 3.05) is 12.4 Å². The Kier molecular flexibility index (Phi) is 6.11. The lowest BCUT2D eigenvalue weighted by molar-refractivity contribution is -0.133. The van der Waals surface area contributed by atoms with Gasteiger partial charge < -0.3 is 10.2 Å². The number of rotatable bonds is 5. The second-order valence-corrected chi connectivity index (χ2v) is 11.2. The standard InChI is InChI=1S/C28H28FN7OS/c1-16-24(14-33-36(16)23-10-21-5-6-22(11-23)35(21)17(2)37)18-8-27(28-19(12-30)13-32-34(28)15-18)38-26-7-4-20(29)9-25(26)31-3/h4,7-9,13-15,21-23,31H,5-6,10-11H2,1-3H3/t21-,22+,23?. The maximum absolute atomic E-state index is 13.9. The summed E-state index contributed by atoms with van der Waals surface area (Å²) in [6, 6.07) is 9.76. The van der Waals surface area contributed by atoms with E-state index in [1.165, 1.54) is 23.9 Å². The largest absolute Gasteiger partial charge is 0.387 e. The number of hydrogen-bond acceptors (Lipinski definition) is 6. The minimum Gasteiger partial charge on any atom is -0.387 e. The Bertz CT molecular complexity index is 1590. The van der Waals surface area contributed by atoms with Gasteiger partial charge in [0.1, 0.15) is 11.9 Å². The number of aromatic nitrogens is 4. The summed E-state index contributed by atoms with van der Waals surface area (Å²) in [4.78, 5) is 15.9. The van der Waals surface area contributed by atoms with Gasteiger partial charge >= 0.3 is 0 Å². The smallest absolute Gasteiger partial charge is 0.219 e. The number of hydrogen-bond donors (Lipinski definition) is 1. The van der Waals surface area contributed by atoms with Gasteiger partial charge in [-0.3, -0.25) is 9.48 Å². The van der Waals surface area contributed by atoms with Crippen LogP contribution in [0.15, 0.2) is 52.6 Å². The third-order valence-corrected chi connectivity index (χ3v) is 9.01. The fourth-order valence-corrected chi connectivity index (χ4v) is 7.36. The van der Waals surface area contributed by atoms with Crippen molar-refractivity contribution in [3.8, 4) is 17.2 Å². The van der Waals surface area contributed by atoms with Crippen LogP contribution >= 0.6 is 11.8 Å². The number of carbonyl (C=O) groups excluding carboxylic acids is 1. The van der Waals surface area contributed by atoms with Crippen molar-refractivity contribution in [3.63, 3.8) is 0 Å². The lowest BCUT2D eigenvalue weighted by Gasteiger charge is -2.38. The lowest BCUT2D eigenvalue weighted by atomic mass is 9.97. The highest BCUT2D eigenvalue weighted by Gasteiger charge is 2.43. The lowest BCUT2D eigenvalue weighted by Crippen LogP contribution is -2.46. The summed E-state index contributed by atoms with van der Waals surface area (Å²) in [5.74, 6) is -0.143. The fraction of sp³-hybridized carbons (Fsp3) is 0.357. The van der Waals surface area contributed by atoms with E-state index in [2.05, 4.69) is 39.1 Å². The third-order valence-electron chi connectivity index (χ3n) is 7.90. The van der Waals surface area contributed by atoms with Crippen LogP contribution in [0.2, 0.25) is 0 Å². The molecule has 5 heterocycles. The predicted octanol–water partition coefficient (Wildman–Crippen LogP) is 5.42. The number of benzene rings is 1. The molecule has 1 N–H and O–H groups in total. The number of nitrogens with one attached hydrogen (secondary N) is 1. The van der Waals surface area contributed by atoms with Crippen molar-refractivity contribution in [1.29, 1.82) is 5.26 Å². The van der Waals surface area contributed by atoms with Gasteiger partial charge in [-0.25, -0.2) is 8.91 Å². The normalized spacial score (nSPS) is 20.6. The molecule has 4 aromatic rings. The average molecular weight is 530 g/mol. The Balaban J connectivity index is 1.39. The van der Waals surface area contributed by atoms with Gasteiger partial charge in [0.2, 0.25) is 5.91 Å². The molecule has 0 spiro atoms. The number of pyridine rings is 1. The van der Waals surface area contributed by atoms with Crippen LogP contribution in [-0.4, -0.2) is 49.3 Å². The Morgan fingerprint density at radius 3 is 2.58 bits per heavy atom. The van der Waals surface area contributed by atoms with Gasteiger partial charge in [-0.15, -0.1) is 0 Å². The van der Waals surface area contributed by atoms with Crippen LogP contribution in [0.4, 0.5) is 10.1 Å². The molecule has 2 saturated heterocycles. The quantitative estimate of drug-likeness (QED) is 0.371. The molecule has 1 unspecified atom stereocenters. The average Bonchev–Trinajstić information content (AvgIpc) is 3.58. The first-order chi connectivity index (χ1) is 18.4. The molecule has 2 aliphatic heterocycles. The van der Waals surface area contributed by atoms with Crippen LogP contribution in [0.3, 0.4) is 0 Å². The zero-order valence-electron chi connectivity index (χ0n) is 21.5. The molecule has 0 radical (unpaired) electrons. The van der Waals surface area contributed by atoms with Gasteiger partial charge in [0.25, 0.3) is 0 Å². The summed E-state index contributed by atoms with van der Waals surface area (Å²) in [6.45, 7) is 3.76. The second-order valence-electron chi connectivity index (χ2n) is 10.1. The van der Waals surface area contributed by atoms with E-state index >= 15 is 0 Å². The maximum Gasteiger partial charge on any atom is 0.219 e. The molecular weight excluding hydrogens is 501 g/mol. The number of carbonyl (C=O) groups is 1. The van der Waals surface area contributed by atoms with E-state index < -0.39 is 0 Å². The van der Waals surface area contributed by atoms with Crippen molar-refractivity contribution in [1.82, 2.24) is 24.3 Å². The fourth-order valence-electron chi connectivity index (χ4n) is 6.23. The van der Waals surface area contributed by atoms with Crippen molar-refractivity contribution in [2.24, 2.45) is 0 Å². The van der Waals surface area contributed by atoms with Crippen LogP contribution in [0.1, 0.15) is 49.9 Å². The molecule has 2 fully saturated rings. The summed E-state index contributed by atoms with van der Waals surface area (Å²) in [5.41, 5.74) is 4.86. The first kappa shape index (κ1) is 24.5. The van der Waals surface area contributed by atoms with Gasteiger partial charge in [-0.05, 0) is 56.9 Å². The van der Waals surface area contributed by atoms with Gasteiger partial charge in [-0.2, -0.15) is 15.5 Å². The molecule has 1 amide bonds. The number of piperidine rings is 1. The highest BCUT2D eigenvalue weighted by molar-refractivity contribution is 7.99. The van der Waals surface area contributed by atoms with E-state index in [-0.39, 0.29) is 29.8 Å². The van der Waals surface area contributed by atoms with Gasteiger partial charge in [0.15, 0.2) is 0 Å². The molecule has 3 atom stereocenters. The van der Waals surface area contributed by atoms with Crippen molar-refractivity contribution in [3.05, 3.63) is 59.9 Å². The molecule has 6 rings (SSSR count). The monoisotopic (exact) mass is 529 g/mol. The van der Waals surface area contributed by atoms with Gasteiger partial charge in [-0.1, -0.05) is 11.8 Å². The highest BCUT2D eigenvalue weighted by atomic mass is 32.2. The number of nitrogens with zero attached hydrogens (tertiary/aromatic N) is 6. The molecule has 194 valence electrons. The number of anilines is 1. The first-order valence-corrected chi connectivity index (χ1v) is 13.6. The molecule has 8 nitrogen and oxygen atoms in total. The Hall–Kier alpha value is -3.84. The predicted molar refractivity (Wildman–Crippen MR) is 144 cm³/mol. The zero-order valence-corrected chi connectivity index (χ0v) is 22.3. The van der Waals surface area contributed by atoms with E-state index in [1.54, 1.807) is 30.8 Å². The maximum atomic E-state index is 13.9. The van der Waals surface area contributed by atoms with E-state index in [0.717, 1.165) is 52.3 Å². The highest BCUT2D eigenvalue weighted by Crippen LogP contribution is 2.43. The van der Waals surface area contributed by atoms with Gasteiger partial charge in [0.05, 0.1) is 35.2 Å². The van der Waals surface area contributed by atoms with E-state index in [9.17, 15) is 14.4 Å². The molecule has 0 aliphatic carbocycles. The SMILES string of the molecule is CNc1cc(F)ccc1Sc1cc(-c2cnn(C3C[C@H]4CC[C@@H](C3)N4C(C)=O)c2C)cn2ncc(C#N)c12. The molecule has 0 saturated carbocycles. The number of halogens is 1. The Labute approximate surface area is 224 Å². The molecule has 2 bridgehead atoms. The summed E-state index contributed by atoms with van der Waals surface area (Å²) < 4.78 is 17.7. The van der Waals surface area contributed by atoms with Crippen LogP contribution in [0.5, 0.6) is 0 Å². The van der Waals surface area contributed by atoms with Crippen molar-refractivity contribution in [2.45, 2.75) is 67.4 Å². The summed E-state index contributed by atoms with van der Waals surface area (Å²) in [7, 11) is 1.76. The summed E-state index contributed by atoms with van der Waals surface area (Å²) in [6.07, 6.45) is 9.35. The molecule has 10 heteroatoms. The van der Waals surface area contributed by atoms with E-state index in [4.69, 9.17) is 5.10 Å². The minimum atomic E-state index is -0.315. The molecule has 2 aliphatic rings. The minimum absolute atomic E-state index is 0.172. The molecule has 3 aromatic heterocycles. The van der Waals surface area contributed by atoms with E-state index in [1.807, 2.05) is 12.4 Å². The second kappa shape index (κ2) is 9.48. The molecule has 38 heavy (non-hydrogen) atoms. The number of amides is 1. The topological polar surface area (TPSA) is 91.2 Å². The zero-order chi connectivity index (χ0) is 26.6. The summed E-state index contributed by atoms with van der Waals surface area (Å²) >= 11 is 1.47. The number of nitriles is 1. The van der Waals surface area contributed by atoms with Crippen LogP contribution < -0.4 is 5.32 Å². The van der Waals surface area contributed by atoms with Gasteiger partial charge in [0, 0.05) is 58.9 Å². The Morgan fingerprint density at radius 2 is 1.89 bits per heavy atom. The van der Waals surface area contributed by atoms with Crippen LogP contribution in [0.25, 0.3) is 16.6 Å². The van der Waals surface area contributed by atoms with E-state index in [0.29, 0.717) is 16.8 Å². The first-order valence-electron chi connectivity index (χ1n) is 12.8. The molecule has 1 aromatic carbocycles. The van der Waals surface area contributed by atoms with Crippen LogP contribution in [0, 0.1) is 24.1 Å². The van der Waals surface area contributed by atoms with Crippen molar-refractivity contribution < 1.29 is 9.18 Å². The number of fused-ring (bicyclic) bond motifs is 3.